The Hall–Kier alpha value is -3.22. The van der Waals surface area contributed by atoms with E-state index in [1.165, 1.54) is 31.4 Å². The van der Waals surface area contributed by atoms with Gasteiger partial charge in [0.2, 0.25) is 12.0 Å². The van der Waals surface area contributed by atoms with Gasteiger partial charge in [0.25, 0.3) is 5.91 Å². The molecule has 2 aromatic rings. The van der Waals surface area contributed by atoms with Gasteiger partial charge in [-0.2, -0.15) is 0 Å². The summed E-state index contributed by atoms with van der Waals surface area (Å²) in [7, 11) is 1.53. The van der Waals surface area contributed by atoms with Crippen molar-refractivity contribution in [2.45, 2.75) is 6.10 Å². The summed E-state index contributed by atoms with van der Waals surface area (Å²) < 4.78 is 18.2. The standard InChI is InChI=1S/C18H13FN2O4/c1-24-13-8-6-12(7-9-13)21-17(22)14-15(20-25-16(14)18(21)23)10-2-4-11(19)5-3-10/h2-9,14,16H,1H3/t14-,16-/m1/s1. The highest BCUT2D eigenvalue weighted by atomic mass is 19.1. The zero-order valence-electron chi connectivity index (χ0n) is 13.2. The van der Waals surface area contributed by atoms with Gasteiger partial charge in [0, 0.05) is 5.56 Å². The number of benzene rings is 2. The molecule has 126 valence electrons. The smallest absolute Gasteiger partial charge is 0.278 e. The maximum atomic E-state index is 13.1. The third-order valence-electron chi connectivity index (χ3n) is 4.28. The molecule has 4 rings (SSSR count). The number of oxime groups is 1. The van der Waals surface area contributed by atoms with Gasteiger partial charge in [0.05, 0.1) is 12.8 Å². The Morgan fingerprint density at radius 1 is 1.04 bits per heavy atom. The Balaban J connectivity index is 1.67. The first-order valence-electron chi connectivity index (χ1n) is 7.61. The minimum absolute atomic E-state index is 0.333. The third kappa shape index (κ3) is 2.36. The van der Waals surface area contributed by atoms with Crippen molar-refractivity contribution in [3.63, 3.8) is 0 Å². The number of halogens is 1. The molecule has 2 aliphatic heterocycles. The van der Waals surface area contributed by atoms with Gasteiger partial charge >= 0.3 is 0 Å². The zero-order chi connectivity index (χ0) is 17.6. The molecule has 6 nitrogen and oxygen atoms in total. The lowest BCUT2D eigenvalue weighted by Gasteiger charge is -2.15. The molecule has 0 radical (unpaired) electrons. The molecule has 2 aromatic carbocycles. The molecule has 1 fully saturated rings. The third-order valence-corrected chi connectivity index (χ3v) is 4.28. The van der Waals surface area contributed by atoms with Crippen LogP contribution >= 0.6 is 0 Å². The highest BCUT2D eigenvalue weighted by Crippen LogP contribution is 2.35. The van der Waals surface area contributed by atoms with Gasteiger partial charge in [0.15, 0.2) is 0 Å². The van der Waals surface area contributed by atoms with E-state index >= 15 is 0 Å². The zero-order valence-corrected chi connectivity index (χ0v) is 13.2. The van der Waals surface area contributed by atoms with Gasteiger partial charge in [-0.05, 0) is 36.4 Å². The summed E-state index contributed by atoms with van der Waals surface area (Å²) in [5.74, 6) is -1.50. The summed E-state index contributed by atoms with van der Waals surface area (Å²) in [5.41, 5.74) is 1.32. The number of hydrogen-bond acceptors (Lipinski definition) is 5. The van der Waals surface area contributed by atoms with Crippen molar-refractivity contribution in [3.05, 3.63) is 59.9 Å². The van der Waals surface area contributed by atoms with Gasteiger partial charge in [-0.25, -0.2) is 9.29 Å². The number of imide groups is 1. The Labute approximate surface area is 142 Å². The number of carbonyl (C=O) groups excluding carboxylic acids is 2. The lowest BCUT2D eigenvalue weighted by Crippen LogP contribution is -2.33. The van der Waals surface area contributed by atoms with E-state index in [-0.39, 0.29) is 0 Å². The van der Waals surface area contributed by atoms with Crippen LogP contribution < -0.4 is 9.64 Å². The normalized spacial score (nSPS) is 21.8. The topological polar surface area (TPSA) is 68.2 Å². The first kappa shape index (κ1) is 15.3. The SMILES string of the molecule is COc1ccc(N2C(=O)[C@@H]3C(c4ccc(F)cc4)=NO[C@H]3C2=O)cc1. The second kappa shape index (κ2) is 5.70. The molecular weight excluding hydrogens is 327 g/mol. The summed E-state index contributed by atoms with van der Waals surface area (Å²) in [4.78, 5) is 31.7. The lowest BCUT2D eigenvalue weighted by atomic mass is 9.94. The Morgan fingerprint density at radius 2 is 1.72 bits per heavy atom. The molecule has 0 aliphatic carbocycles. The van der Waals surface area contributed by atoms with E-state index in [9.17, 15) is 14.0 Å². The van der Waals surface area contributed by atoms with Crippen molar-refractivity contribution in [1.29, 1.82) is 0 Å². The fraction of sp³-hybridized carbons (Fsp3) is 0.167. The van der Waals surface area contributed by atoms with Crippen LogP contribution in [0.1, 0.15) is 5.56 Å². The summed E-state index contributed by atoms with van der Waals surface area (Å²) in [6.45, 7) is 0. The predicted molar refractivity (Wildman–Crippen MR) is 86.8 cm³/mol. The van der Waals surface area contributed by atoms with Crippen LogP contribution in [0.25, 0.3) is 0 Å². The second-order valence-corrected chi connectivity index (χ2v) is 5.70. The van der Waals surface area contributed by atoms with Crippen LogP contribution in [0.2, 0.25) is 0 Å². The Bertz CT molecular complexity index is 877. The molecule has 0 spiro atoms. The van der Waals surface area contributed by atoms with E-state index in [0.29, 0.717) is 22.7 Å². The van der Waals surface area contributed by atoms with Crippen molar-refractivity contribution in [3.8, 4) is 5.75 Å². The first-order valence-corrected chi connectivity index (χ1v) is 7.61. The minimum Gasteiger partial charge on any atom is -0.497 e. The van der Waals surface area contributed by atoms with Crippen molar-refractivity contribution < 1.29 is 23.6 Å². The highest BCUT2D eigenvalue weighted by Gasteiger charge is 2.56. The van der Waals surface area contributed by atoms with Crippen LogP contribution in [0.4, 0.5) is 10.1 Å². The van der Waals surface area contributed by atoms with Gasteiger partial charge in [-0.15, -0.1) is 0 Å². The Morgan fingerprint density at radius 3 is 2.36 bits per heavy atom. The average Bonchev–Trinajstić information content (AvgIpc) is 3.17. The molecule has 7 heteroatoms. The number of amides is 2. The maximum Gasteiger partial charge on any atom is 0.278 e. The van der Waals surface area contributed by atoms with E-state index in [1.54, 1.807) is 24.3 Å². The maximum absolute atomic E-state index is 13.1. The number of rotatable bonds is 3. The van der Waals surface area contributed by atoms with Crippen LogP contribution in [-0.2, 0) is 14.4 Å². The average molecular weight is 340 g/mol. The fourth-order valence-electron chi connectivity index (χ4n) is 3.02. The number of anilines is 1. The summed E-state index contributed by atoms with van der Waals surface area (Å²) >= 11 is 0. The molecule has 2 atom stereocenters. The van der Waals surface area contributed by atoms with Crippen LogP contribution in [0.15, 0.2) is 53.7 Å². The van der Waals surface area contributed by atoms with Gasteiger partial charge in [-0.3, -0.25) is 9.59 Å². The predicted octanol–water partition coefficient (Wildman–Crippen LogP) is 2.13. The van der Waals surface area contributed by atoms with Crippen molar-refractivity contribution >= 4 is 23.2 Å². The van der Waals surface area contributed by atoms with Crippen molar-refractivity contribution in [1.82, 2.24) is 0 Å². The number of methoxy groups -OCH3 is 1. The molecule has 0 N–H and O–H groups in total. The van der Waals surface area contributed by atoms with Gasteiger partial charge in [-0.1, -0.05) is 17.3 Å². The lowest BCUT2D eigenvalue weighted by molar-refractivity contribution is -0.126. The number of carbonyl (C=O) groups is 2. The molecule has 0 aromatic heterocycles. The Kier molecular flexibility index (Phi) is 3.49. The number of ether oxygens (including phenoxy) is 1. The second-order valence-electron chi connectivity index (χ2n) is 5.70. The van der Waals surface area contributed by atoms with Crippen LogP contribution in [0, 0.1) is 11.7 Å². The van der Waals surface area contributed by atoms with Gasteiger partial charge in [0.1, 0.15) is 23.2 Å². The number of fused-ring (bicyclic) bond motifs is 1. The largest absolute Gasteiger partial charge is 0.497 e. The van der Waals surface area contributed by atoms with E-state index in [0.717, 1.165) is 4.90 Å². The van der Waals surface area contributed by atoms with Crippen molar-refractivity contribution in [2.75, 3.05) is 12.0 Å². The fourth-order valence-corrected chi connectivity index (χ4v) is 3.02. The molecule has 2 heterocycles. The molecule has 25 heavy (non-hydrogen) atoms. The molecular formula is C18H13FN2O4. The molecule has 0 saturated carbocycles. The summed E-state index contributed by atoms with van der Waals surface area (Å²) in [6, 6.07) is 12.1. The summed E-state index contributed by atoms with van der Waals surface area (Å²) in [5, 5.41) is 3.88. The molecule has 0 bridgehead atoms. The van der Waals surface area contributed by atoms with E-state index in [2.05, 4.69) is 5.16 Å². The molecule has 1 saturated heterocycles. The van der Waals surface area contributed by atoms with Crippen LogP contribution in [0.3, 0.4) is 0 Å². The van der Waals surface area contributed by atoms with Crippen LogP contribution in [-0.4, -0.2) is 30.7 Å². The number of nitrogens with zero attached hydrogens (tertiary/aromatic N) is 2. The van der Waals surface area contributed by atoms with E-state index < -0.39 is 29.7 Å². The number of hydrogen-bond donors (Lipinski definition) is 0. The minimum atomic E-state index is -0.991. The van der Waals surface area contributed by atoms with Crippen molar-refractivity contribution in [2.24, 2.45) is 11.1 Å². The van der Waals surface area contributed by atoms with E-state index in [4.69, 9.17) is 9.57 Å². The highest BCUT2D eigenvalue weighted by molar-refractivity contribution is 6.32. The van der Waals surface area contributed by atoms with Crippen LogP contribution in [0.5, 0.6) is 5.75 Å². The molecule has 2 aliphatic rings. The first-order chi connectivity index (χ1) is 12.1. The van der Waals surface area contributed by atoms with E-state index in [1.807, 2.05) is 0 Å². The van der Waals surface area contributed by atoms with Gasteiger partial charge < -0.3 is 9.57 Å². The monoisotopic (exact) mass is 340 g/mol. The quantitative estimate of drug-likeness (QED) is 0.803. The summed E-state index contributed by atoms with van der Waals surface area (Å²) in [6.07, 6.45) is -0.991. The molecule has 2 amide bonds. The molecule has 0 unspecified atom stereocenters.